The number of likely N-dealkylation sites (tertiary alicyclic amines) is 1. The second-order valence-corrected chi connectivity index (χ2v) is 5.04. The van der Waals surface area contributed by atoms with Gasteiger partial charge >= 0.3 is 0 Å². The topological polar surface area (TPSA) is 55.6 Å². The monoisotopic (exact) mass is 280 g/mol. The van der Waals surface area contributed by atoms with E-state index in [4.69, 9.17) is 10.5 Å². The van der Waals surface area contributed by atoms with E-state index in [1.807, 2.05) is 4.90 Å². The fraction of sp³-hybridized carbons (Fsp3) is 0.533. The van der Waals surface area contributed by atoms with Crippen molar-refractivity contribution in [2.45, 2.75) is 25.4 Å². The molecule has 2 rings (SSSR count). The SMILES string of the molecule is NCCOC1CCN(C(=O)Cc2ccc(F)cc2)CC1. The Labute approximate surface area is 118 Å². The maximum Gasteiger partial charge on any atom is 0.226 e. The molecule has 0 saturated carbocycles. The molecule has 1 heterocycles. The van der Waals surface area contributed by atoms with Gasteiger partial charge < -0.3 is 15.4 Å². The Balaban J connectivity index is 1.78. The molecular formula is C15H21FN2O2. The Hall–Kier alpha value is -1.46. The lowest BCUT2D eigenvalue weighted by atomic mass is 10.1. The number of nitrogens with two attached hydrogens (primary N) is 1. The van der Waals surface area contributed by atoms with Gasteiger partial charge in [-0.1, -0.05) is 12.1 Å². The molecule has 0 atom stereocenters. The summed E-state index contributed by atoms with van der Waals surface area (Å²) >= 11 is 0. The summed E-state index contributed by atoms with van der Waals surface area (Å²) in [5.41, 5.74) is 6.25. The van der Waals surface area contributed by atoms with Crippen LogP contribution < -0.4 is 5.73 Å². The minimum absolute atomic E-state index is 0.0916. The third-order valence-electron chi connectivity index (χ3n) is 3.53. The summed E-state index contributed by atoms with van der Waals surface area (Å²) in [5, 5.41) is 0. The molecule has 4 nitrogen and oxygen atoms in total. The summed E-state index contributed by atoms with van der Waals surface area (Å²) in [4.78, 5) is 14.0. The van der Waals surface area contributed by atoms with Gasteiger partial charge in [0.1, 0.15) is 5.82 Å². The van der Waals surface area contributed by atoms with Crippen molar-refractivity contribution in [2.75, 3.05) is 26.2 Å². The van der Waals surface area contributed by atoms with E-state index < -0.39 is 0 Å². The smallest absolute Gasteiger partial charge is 0.226 e. The summed E-state index contributed by atoms with van der Waals surface area (Å²) < 4.78 is 18.4. The minimum Gasteiger partial charge on any atom is -0.377 e. The fourth-order valence-electron chi connectivity index (χ4n) is 2.40. The van der Waals surface area contributed by atoms with E-state index in [-0.39, 0.29) is 17.8 Å². The molecule has 0 aromatic heterocycles. The van der Waals surface area contributed by atoms with Gasteiger partial charge in [0.25, 0.3) is 0 Å². The molecule has 5 heteroatoms. The van der Waals surface area contributed by atoms with Crippen molar-refractivity contribution in [1.29, 1.82) is 0 Å². The van der Waals surface area contributed by atoms with Gasteiger partial charge in [-0.25, -0.2) is 4.39 Å². The minimum atomic E-state index is -0.279. The van der Waals surface area contributed by atoms with Gasteiger partial charge in [-0.05, 0) is 30.5 Å². The number of carbonyl (C=O) groups is 1. The van der Waals surface area contributed by atoms with Crippen molar-refractivity contribution in [1.82, 2.24) is 4.90 Å². The second-order valence-electron chi connectivity index (χ2n) is 5.04. The van der Waals surface area contributed by atoms with Crippen LogP contribution in [0.2, 0.25) is 0 Å². The molecule has 1 fully saturated rings. The van der Waals surface area contributed by atoms with Gasteiger partial charge in [0.05, 0.1) is 19.1 Å². The van der Waals surface area contributed by atoms with E-state index in [0.29, 0.717) is 19.6 Å². The quantitative estimate of drug-likeness (QED) is 0.885. The molecule has 1 aliphatic rings. The van der Waals surface area contributed by atoms with Crippen LogP contribution in [0.1, 0.15) is 18.4 Å². The zero-order chi connectivity index (χ0) is 14.4. The number of piperidine rings is 1. The molecule has 2 N–H and O–H groups in total. The summed E-state index contributed by atoms with van der Waals surface area (Å²) in [6, 6.07) is 6.08. The molecule has 0 spiro atoms. The standard InChI is InChI=1S/C15H21FN2O2/c16-13-3-1-12(2-4-13)11-15(19)18-8-5-14(6-9-18)20-10-7-17/h1-4,14H,5-11,17H2. The fourth-order valence-corrected chi connectivity index (χ4v) is 2.40. The molecule has 1 aromatic carbocycles. The number of hydrogen-bond acceptors (Lipinski definition) is 3. The van der Waals surface area contributed by atoms with Crippen molar-refractivity contribution >= 4 is 5.91 Å². The number of nitrogens with zero attached hydrogens (tertiary/aromatic N) is 1. The Morgan fingerprint density at radius 2 is 1.95 bits per heavy atom. The molecule has 20 heavy (non-hydrogen) atoms. The highest BCUT2D eigenvalue weighted by Gasteiger charge is 2.22. The van der Waals surface area contributed by atoms with E-state index in [0.717, 1.165) is 31.5 Å². The van der Waals surface area contributed by atoms with Crippen LogP contribution in [-0.2, 0) is 16.0 Å². The van der Waals surface area contributed by atoms with Crippen LogP contribution in [0.3, 0.4) is 0 Å². The van der Waals surface area contributed by atoms with Gasteiger partial charge in [0.2, 0.25) is 5.91 Å². The van der Waals surface area contributed by atoms with Crippen LogP contribution in [-0.4, -0.2) is 43.2 Å². The Morgan fingerprint density at radius 1 is 1.30 bits per heavy atom. The first-order valence-electron chi connectivity index (χ1n) is 7.03. The number of hydrogen-bond donors (Lipinski definition) is 1. The molecular weight excluding hydrogens is 259 g/mol. The van der Waals surface area contributed by atoms with Crippen LogP contribution in [0, 0.1) is 5.82 Å². The molecule has 0 aliphatic carbocycles. The Kier molecular flexibility index (Phi) is 5.49. The number of benzene rings is 1. The van der Waals surface area contributed by atoms with Gasteiger partial charge in [0, 0.05) is 19.6 Å². The Bertz CT molecular complexity index is 428. The van der Waals surface area contributed by atoms with E-state index in [1.54, 1.807) is 12.1 Å². The molecule has 1 aromatic rings. The Morgan fingerprint density at radius 3 is 2.55 bits per heavy atom. The van der Waals surface area contributed by atoms with Gasteiger partial charge in [-0.2, -0.15) is 0 Å². The zero-order valence-corrected chi connectivity index (χ0v) is 11.6. The lowest BCUT2D eigenvalue weighted by Crippen LogP contribution is -2.41. The highest BCUT2D eigenvalue weighted by Crippen LogP contribution is 2.15. The van der Waals surface area contributed by atoms with Crippen LogP contribution in [0.15, 0.2) is 24.3 Å². The molecule has 110 valence electrons. The maximum atomic E-state index is 12.8. The number of ether oxygens (including phenoxy) is 1. The summed E-state index contributed by atoms with van der Waals surface area (Å²) in [6.45, 7) is 2.54. The average Bonchev–Trinajstić information content (AvgIpc) is 2.48. The van der Waals surface area contributed by atoms with Crippen molar-refractivity contribution in [3.63, 3.8) is 0 Å². The van der Waals surface area contributed by atoms with Gasteiger partial charge in [-0.15, -0.1) is 0 Å². The second kappa shape index (κ2) is 7.36. The number of amides is 1. The number of carbonyl (C=O) groups excluding carboxylic acids is 1. The first kappa shape index (κ1) is 14.9. The highest BCUT2D eigenvalue weighted by molar-refractivity contribution is 5.78. The van der Waals surface area contributed by atoms with E-state index >= 15 is 0 Å². The lowest BCUT2D eigenvalue weighted by molar-refractivity contribution is -0.133. The van der Waals surface area contributed by atoms with Gasteiger partial charge in [-0.3, -0.25) is 4.79 Å². The van der Waals surface area contributed by atoms with Crippen LogP contribution in [0.5, 0.6) is 0 Å². The first-order valence-corrected chi connectivity index (χ1v) is 7.03. The molecule has 0 unspecified atom stereocenters. The van der Waals surface area contributed by atoms with E-state index in [9.17, 15) is 9.18 Å². The van der Waals surface area contributed by atoms with Crippen molar-refractivity contribution < 1.29 is 13.9 Å². The maximum absolute atomic E-state index is 12.8. The summed E-state index contributed by atoms with van der Waals surface area (Å²) in [6.07, 6.45) is 2.26. The van der Waals surface area contributed by atoms with E-state index in [2.05, 4.69) is 0 Å². The van der Waals surface area contributed by atoms with Crippen molar-refractivity contribution in [2.24, 2.45) is 5.73 Å². The zero-order valence-electron chi connectivity index (χ0n) is 11.6. The van der Waals surface area contributed by atoms with Gasteiger partial charge in [0.15, 0.2) is 0 Å². The molecule has 1 amide bonds. The predicted molar refractivity (Wildman–Crippen MR) is 74.7 cm³/mol. The third kappa shape index (κ3) is 4.28. The third-order valence-corrected chi connectivity index (χ3v) is 3.53. The number of rotatable bonds is 5. The molecule has 0 radical (unpaired) electrons. The first-order chi connectivity index (χ1) is 9.69. The molecule has 0 bridgehead atoms. The lowest BCUT2D eigenvalue weighted by Gasteiger charge is -2.32. The van der Waals surface area contributed by atoms with Crippen molar-refractivity contribution in [3.8, 4) is 0 Å². The largest absolute Gasteiger partial charge is 0.377 e. The van der Waals surface area contributed by atoms with E-state index in [1.165, 1.54) is 12.1 Å². The summed E-state index contributed by atoms with van der Waals surface area (Å²) in [7, 11) is 0. The predicted octanol–water partition coefficient (Wildman–Crippen LogP) is 1.33. The number of halogens is 1. The van der Waals surface area contributed by atoms with Crippen LogP contribution >= 0.6 is 0 Å². The average molecular weight is 280 g/mol. The van der Waals surface area contributed by atoms with Crippen molar-refractivity contribution in [3.05, 3.63) is 35.6 Å². The normalized spacial score (nSPS) is 16.4. The highest BCUT2D eigenvalue weighted by atomic mass is 19.1. The van der Waals surface area contributed by atoms with Crippen LogP contribution in [0.25, 0.3) is 0 Å². The molecule has 1 aliphatic heterocycles. The summed E-state index contributed by atoms with van der Waals surface area (Å²) in [5.74, 6) is -0.187. The molecule has 1 saturated heterocycles. The van der Waals surface area contributed by atoms with Crippen LogP contribution in [0.4, 0.5) is 4.39 Å².